The molecular formula is C19H17FN4O. The Kier molecular flexibility index (Phi) is 4.99. The van der Waals surface area contributed by atoms with Gasteiger partial charge in [0, 0.05) is 25.5 Å². The second kappa shape index (κ2) is 7.53. The minimum atomic E-state index is -0.311. The highest BCUT2D eigenvalue weighted by Gasteiger charge is 2.12. The minimum absolute atomic E-state index is 0.273. The molecule has 2 aromatic carbocycles. The van der Waals surface area contributed by atoms with Crippen molar-refractivity contribution in [2.45, 2.75) is 6.54 Å². The first kappa shape index (κ1) is 16.6. The predicted octanol–water partition coefficient (Wildman–Crippen LogP) is 3.31. The van der Waals surface area contributed by atoms with Gasteiger partial charge < -0.3 is 10.2 Å². The van der Waals surface area contributed by atoms with Crippen molar-refractivity contribution in [2.24, 2.45) is 0 Å². The molecule has 0 aliphatic rings. The van der Waals surface area contributed by atoms with Gasteiger partial charge in [-0.25, -0.2) is 14.4 Å². The van der Waals surface area contributed by atoms with E-state index in [1.807, 2.05) is 37.4 Å². The van der Waals surface area contributed by atoms with Gasteiger partial charge in [0.15, 0.2) is 0 Å². The van der Waals surface area contributed by atoms with Gasteiger partial charge in [0.2, 0.25) is 5.95 Å². The van der Waals surface area contributed by atoms with Crippen LogP contribution < -0.4 is 10.2 Å². The van der Waals surface area contributed by atoms with Crippen molar-refractivity contribution in [1.29, 1.82) is 0 Å². The van der Waals surface area contributed by atoms with Gasteiger partial charge >= 0.3 is 0 Å². The number of amides is 1. The number of para-hydroxylation sites is 1. The van der Waals surface area contributed by atoms with E-state index in [1.165, 1.54) is 12.1 Å². The molecule has 0 spiro atoms. The summed E-state index contributed by atoms with van der Waals surface area (Å²) in [6.45, 7) is 0.299. The molecule has 25 heavy (non-hydrogen) atoms. The van der Waals surface area contributed by atoms with Crippen molar-refractivity contribution in [3.63, 3.8) is 0 Å². The number of carbonyl (C=O) groups is 1. The molecule has 0 atom stereocenters. The highest BCUT2D eigenvalue weighted by atomic mass is 19.1. The van der Waals surface area contributed by atoms with Gasteiger partial charge in [-0.3, -0.25) is 4.79 Å². The lowest BCUT2D eigenvalue weighted by atomic mass is 10.2. The van der Waals surface area contributed by atoms with Crippen LogP contribution in [0.25, 0.3) is 0 Å². The summed E-state index contributed by atoms with van der Waals surface area (Å²) in [4.78, 5) is 22.6. The van der Waals surface area contributed by atoms with Gasteiger partial charge in [0.25, 0.3) is 5.91 Å². The molecule has 3 rings (SSSR count). The maximum Gasteiger partial charge on any atom is 0.270 e. The zero-order chi connectivity index (χ0) is 17.6. The molecule has 0 saturated heterocycles. The summed E-state index contributed by atoms with van der Waals surface area (Å²) in [5.41, 5.74) is 2.01. The molecule has 0 radical (unpaired) electrons. The molecular weight excluding hydrogens is 319 g/mol. The summed E-state index contributed by atoms with van der Waals surface area (Å²) in [6.07, 6.45) is 1.55. The van der Waals surface area contributed by atoms with E-state index >= 15 is 0 Å². The number of nitrogens with one attached hydrogen (secondary N) is 1. The maximum atomic E-state index is 12.9. The number of hydrogen-bond donors (Lipinski definition) is 1. The number of nitrogens with zero attached hydrogens (tertiary/aromatic N) is 3. The molecule has 0 aliphatic carbocycles. The number of carbonyl (C=O) groups excluding carboxylic acids is 1. The Morgan fingerprint density at radius 3 is 2.52 bits per heavy atom. The third-order valence-electron chi connectivity index (χ3n) is 3.69. The van der Waals surface area contributed by atoms with Gasteiger partial charge in [0.05, 0.1) is 0 Å². The van der Waals surface area contributed by atoms with E-state index in [4.69, 9.17) is 0 Å². The van der Waals surface area contributed by atoms with Crippen molar-refractivity contribution in [1.82, 2.24) is 15.3 Å². The van der Waals surface area contributed by atoms with Crippen LogP contribution in [0.5, 0.6) is 0 Å². The zero-order valence-corrected chi connectivity index (χ0v) is 13.7. The van der Waals surface area contributed by atoms with Crippen molar-refractivity contribution >= 4 is 17.5 Å². The molecule has 1 N–H and O–H groups in total. The molecule has 1 amide bonds. The van der Waals surface area contributed by atoms with Crippen molar-refractivity contribution in [3.8, 4) is 0 Å². The first-order valence-corrected chi connectivity index (χ1v) is 7.78. The van der Waals surface area contributed by atoms with Crippen LogP contribution in [0.1, 0.15) is 16.1 Å². The molecule has 6 heteroatoms. The van der Waals surface area contributed by atoms with Gasteiger partial charge in [-0.2, -0.15) is 0 Å². The third kappa shape index (κ3) is 4.17. The summed E-state index contributed by atoms with van der Waals surface area (Å²) >= 11 is 0. The molecule has 126 valence electrons. The molecule has 0 saturated carbocycles. The van der Waals surface area contributed by atoms with Gasteiger partial charge in [-0.1, -0.05) is 30.3 Å². The number of halogens is 1. The largest absolute Gasteiger partial charge is 0.347 e. The smallest absolute Gasteiger partial charge is 0.270 e. The van der Waals surface area contributed by atoms with Crippen molar-refractivity contribution < 1.29 is 9.18 Å². The first-order valence-electron chi connectivity index (χ1n) is 7.78. The van der Waals surface area contributed by atoms with Crippen LogP contribution in [-0.4, -0.2) is 22.9 Å². The van der Waals surface area contributed by atoms with E-state index in [9.17, 15) is 9.18 Å². The fourth-order valence-electron chi connectivity index (χ4n) is 2.28. The Balaban J connectivity index is 1.70. The van der Waals surface area contributed by atoms with Crippen LogP contribution in [-0.2, 0) is 6.54 Å². The quantitative estimate of drug-likeness (QED) is 0.776. The first-order chi connectivity index (χ1) is 12.1. The minimum Gasteiger partial charge on any atom is -0.347 e. The maximum absolute atomic E-state index is 12.9. The van der Waals surface area contributed by atoms with Crippen molar-refractivity contribution in [2.75, 3.05) is 11.9 Å². The number of benzene rings is 2. The zero-order valence-electron chi connectivity index (χ0n) is 13.7. The van der Waals surface area contributed by atoms with E-state index in [0.717, 1.165) is 11.3 Å². The molecule has 3 aromatic rings. The van der Waals surface area contributed by atoms with Crippen LogP contribution in [0.2, 0.25) is 0 Å². The van der Waals surface area contributed by atoms with Crippen LogP contribution in [0.3, 0.4) is 0 Å². The highest BCUT2D eigenvalue weighted by Crippen LogP contribution is 2.19. The lowest BCUT2D eigenvalue weighted by Gasteiger charge is -2.17. The van der Waals surface area contributed by atoms with E-state index in [1.54, 1.807) is 29.3 Å². The fourth-order valence-corrected chi connectivity index (χ4v) is 2.28. The number of aromatic nitrogens is 2. The second-order valence-corrected chi connectivity index (χ2v) is 5.45. The van der Waals surface area contributed by atoms with Crippen LogP contribution in [0, 0.1) is 5.82 Å². The predicted molar refractivity (Wildman–Crippen MR) is 94.1 cm³/mol. The Morgan fingerprint density at radius 2 is 1.80 bits per heavy atom. The summed E-state index contributed by atoms with van der Waals surface area (Å²) in [5.74, 6) is -0.186. The second-order valence-electron chi connectivity index (χ2n) is 5.45. The number of hydrogen-bond acceptors (Lipinski definition) is 4. The standard InChI is InChI=1S/C19H17FN4O/c1-24(16-5-3-2-4-6-16)19-21-12-11-17(23-19)18(25)22-13-14-7-9-15(20)10-8-14/h2-12H,13H2,1H3,(H,22,25). The summed E-state index contributed by atoms with van der Waals surface area (Å²) < 4.78 is 12.9. The van der Waals surface area contributed by atoms with Crippen LogP contribution in [0.4, 0.5) is 16.0 Å². The molecule has 0 fully saturated rings. The Hall–Kier alpha value is -3.28. The third-order valence-corrected chi connectivity index (χ3v) is 3.69. The fraction of sp³-hybridized carbons (Fsp3) is 0.105. The van der Waals surface area contributed by atoms with E-state index in [-0.39, 0.29) is 17.4 Å². The molecule has 0 aliphatic heterocycles. The monoisotopic (exact) mass is 336 g/mol. The average Bonchev–Trinajstić information content (AvgIpc) is 2.67. The molecule has 0 unspecified atom stereocenters. The topological polar surface area (TPSA) is 58.1 Å². The molecule has 5 nitrogen and oxygen atoms in total. The normalized spacial score (nSPS) is 10.3. The van der Waals surface area contributed by atoms with Crippen molar-refractivity contribution in [3.05, 3.63) is 83.9 Å². The summed E-state index contributed by atoms with van der Waals surface area (Å²) in [7, 11) is 1.84. The molecule has 1 heterocycles. The van der Waals surface area contributed by atoms with E-state index in [0.29, 0.717) is 12.5 Å². The van der Waals surface area contributed by atoms with E-state index in [2.05, 4.69) is 15.3 Å². The van der Waals surface area contributed by atoms with Gasteiger partial charge in [-0.05, 0) is 35.9 Å². The number of anilines is 2. The lowest BCUT2D eigenvalue weighted by Crippen LogP contribution is -2.25. The number of rotatable bonds is 5. The Morgan fingerprint density at radius 1 is 1.08 bits per heavy atom. The summed E-state index contributed by atoms with van der Waals surface area (Å²) in [6, 6.07) is 17.2. The summed E-state index contributed by atoms with van der Waals surface area (Å²) in [5, 5.41) is 2.77. The lowest BCUT2D eigenvalue weighted by molar-refractivity contribution is 0.0946. The Bertz CT molecular complexity index is 853. The van der Waals surface area contributed by atoms with Gasteiger partial charge in [-0.15, -0.1) is 0 Å². The SMILES string of the molecule is CN(c1ccccc1)c1nccc(C(=O)NCc2ccc(F)cc2)n1. The van der Waals surface area contributed by atoms with Gasteiger partial charge in [0.1, 0.15) is 11.5 Å². The highest BCUT2D eigenvalue weighted by molar-refractivity contribution is 5.92. The average molecular weight is 336 g/mol. The Labute approximate surface area is 145 Å². The molecule has 0 bridgehead atoms. The van der Waals surface area contributed by atoms with Crippen LogP contribution >= 0.6 is 0 Å². The van der Waals surface area contributed by atoms with E-state index < -0.39 is 0 Å². The van der Waals surface area contributed by atoms with Crippen LogP contribution in [0.15, 0.2) is 66.9 Å². The molecule has 1 aromatic heterocycles.